The van der Waals surface area contributed by atoms with E-state index in [4.69, 9.17) is 17.2 Å². The number of nitrogens with one attached hydrogen (secondary N) is 11. The normalized spacial score (nSPS) is 18.0. The highest BCUT2D eigenvalue weighted by Crippen LogP contribution is 2.26. The first-order chi connectivity index (χ1) is 45.5. The lowest BCUT2D eigenvalue weighted by atomic mass is 9.96. The van der Waals surface area contributed by atoms with Gasteiger partial charge in [-0.3, -0.25) is 57.7 Å². The summed E-state index contributed by atoms with van der Waals surface area (Å²) in [6.45, 7) is 11.4. The van der Waals surface area contributed by atoms with Crippen molar-refractivity contribution in [1.29, 1.82) is 0 Å². The summed E-state index contributed by atoms with van der Waals surface area (Å²) < 4.78 is 0. The third kappa shape index (κ3) is 22.3. The number of aliphatic carboxylic acids is 1. The van der Waals surface area contributed by atoms with E-state index in [2.05, 4.69) is 93.1 Å². The second kappa shape index (κ2) is 37.7. The Bertz CT molecular complexity index is 3220. The zero-order valence-electron chi connectivity index (χ0n) is 55.2. The molecule has 5 rings (SSSR count). The number of nitrogens with zero attached hydrogens (tertiary/aromatic N) is 4. The number of benzene rings is 1. The van der Waals surface area contributed by atoms with E-state index in [1.54, 1.807) is 40.0 Å². The van der Waals surface area contributed by atoms with Gasteiger partial charge >= 0.3 is 5.97 Å². The largest absolute Gasteiger partial charge is 0.480 e. The van der Waals surface area contributed by atoms with Gasteiger partial charge < -0.3 is 95.0 Å². The monoisotopic (exact) mass is 1380 g/mol. The number of guanidine groups is 1. The Labute approximate surface area is 568 Å². The minimum absolute atomic E-state index is 0.0788. The van der Waals surface area contributed by atoms with Crippen molar-refractivity contribution in [2.75, 3.05) is 37.7 Å². The van der Waals surface area contributed by atoms with Crippen molar-refractivity contribution in [2.24, 2.45) is 39.9 Å². The molecule has 0 unspecified atom stereocenters. The van der Waals surface area contributed by atoms with Crippen molar-refractivity contribution < 1.29 is 67.7 Å². The van der Waals surface area contributed by atoms with Crippen molar-refractivity contribution >= 4 is 113 Å². The van der Waals surface area contributed by atoms with E-state index in [0.717, 1.165) is 10.9 Å². The van der Waals surface area contributed by atoms with Crippen molar-refractivity contribution in [3.63, 3.8) is 0 Å². The highest BCUT2D eigenvalue weighted by atomic mass is 32.1. The Morgan fingerprint density at radius 3 is 1.76 bits per heavy atom. The van der Waals surface area contributed by atoms with Crippen molar-refractivity contribution in [3.8, 4) is 0 Å². The molecule has 2 aliphatic rings. The number of hydrogen-bond acceptors (Lipinski definition) is 18. The molecule has 96 heavy (non-hydrogen) atoms. The minimum Gasteiger partial charge on any atom is -0.480 e. The van der Waals surface area contributed by atoms with Gasteiger partial charge in [0.2, 0.25) is 65.0 Å². The zero-order chi connectivity index (χ0) is 71.1. The van der Waals surface area contributed by atoms with Gasteiger partial charge in [0.1, 0.15) is 66.5 Å². The Hall–Kier alpha value is -8.50. The number of aliphatic hydroxyl groups is 1. The number of carbonyl (C=O) groups is 12. The molecule has 3 aromatic rings. The van der Waals surface area contributed by atoms with Crippen LogP contribution in [-0.2, 0) is 70.4 Å². The van der Waals surface area contributed by atoms with E-state index in [-0.39, 0.29) is 81.5 Å². The second-order valence-corrected chi connectivity index (χ2v) is 25.7. The number of fused-ring (bicyclic) bond motifs is 1. The van der Waals surface area contributed by atoms with Crippen LogP contribution in [0.5, 0.6) is 0 Å². The Morgan fingerprint density at radius 1 is 0.656 bits per heavy atom. The average Bonchev–Trinajstić information content (AvgIpc) is 1.61. The molecule has 2 aliphatic heterocycles. The first-order valence-corrected chi connectivity index (χ1v) is 33.5. The Morgan fingerprint density at radius 2 is 1.21 bits per heavy atom. The number of thiol groups is 2. The molecule has 19 N–H and O–H groups in total. The van der Waals surface area contributed by atoms with E-state index in [9.17, 15) is 67.7 Å². The molecule has 32 nitrogen and oxygen atoms in total. The predicted molar refractivity (Wildman–Crippen MR) is 361 cm³/mol. The van der Waals surface area contributed by atoms with Crippen LogP contribution in [0.25, 0.3) is 10.9 Å². The Balaban J connectivity index is 1.23. The number of aromatic nitrogens is 3. The number of aromatic amines is 2. The standard InChI is InChI=1S/C62H96N18O14S2/c1-8-33(6)49(78-50(82)34(7)70-53(85)43(27-81)74-55(87)45(29-96)76-58(90)48(32(4)5)77-51(83)38(63)15-11-19-67-62(64)65)60(92)80-21-13-18-47(80)57(89)72-41(22-31(2)3)59(91)79-20-12-17-46(79)56(88)71-40(23-35-25-68-39-16-10-9-14-37(35)39)52(84)75-44(28-95)54(86)73-42(61(93)94)24-36-26-66-30-69-36/h9-10,14,16,25-26,30-34,38,40-49,68,81,95-96H,8,11-13,15,17-24,27-29,63H2,1-7H3,(H,66,69)(H,70,85)(H,71,88)(H,72,89)(H,73,86)(H,74,87)(H,75,84)(H,76,90)(H,77,83)(H,78,82)(H,93,94)(H4,64,65,67)/t33-,34-,38-,40-,41-,42-,43-,44-,45-,46-,47-,48-,49-/m0/s1. The van der Waals surface area contributed by atoms with Gasteiger partial charge in [-0.2, -0.15) is 25.3 Å². The van der Waals surface area contributed by atoms with E-state index in [0.29, 0.717) is 36.9 Å². The number of hydrogen-bond donors (Lipinski definition) is 18. The lowest BCUT2D eigenvalue weighted by Crippen LogP contribution is -2.61. The van der Waals surface area contributed by atoms with Gasteiger partial charge in [-0.05, 0) is 81.3 Å². The molecule has 2 saturated heterocycles. The maximum Gasteiger partial charge on any atom is 0.326 e. The number of carboxylic acids is 1. The first kappa shape index (κ1) is 78.2. The minimum atomic E-state index is -1.64. The second-order valence-electron chi connectivity index (χ2n) is 25.0. The molecule has 2 fully saturated rings. The molecule has 4 heterocycles. The summed E-state index contributed by atoms with van der Waals surface area (Å²) in [4.78, 5) is 182. The fourth-order valence-electron chi connectivity index (χ4n) is 11.2. The highest BCUT2D eigenvalue weighted by Gasteiger charge is 2.44. The summed E-state index contributed by atoms with van der Waals surface area (Å²) in [7, 11) is 0. The van der Waals surface area contributed by atoms with Gasteiger partial charge in [0.15, 0.2) is 5.96 Å². The van der Waals surface area contributed by atoms with Crippen LogP contribution >= 0.6 is 25.3 Å². The molecule has 0 saturated carbocycles. The van der Waals surface area contributed by atoms with Crippen LogP contribution in [0.15, 0.2) is 48.0 Å². The average molecular weight is 1380 g/mol. The molecule has 0 aliphatic carbocycles. The predicted octanol–water partition coefficient (Wildman–Crippen LogP) is -2.89. The van der Waals surface area contributed by atoms with Crippen LogP contribution < -0.4 is 65.1 Å². The number of aliphatic hydroxyl groups excluding tert-OH is 1. The van der Waals surface area contributed by atoms with E-state index >= 15 is 0 Å². The number of para-hydroxylation sites is 1. The van der Waals surface area contributed by atoms with Crippen molar-refractivity contribution in [3.05, 3.63) is 54.2 Å². The SMILES string of the molecule is CC[C@H](C)[C@H](NC(=O)[C@H](C)NC(=O)[C@H](CO)NC(=O)[C@H](CS)NC(=O)[C@@H](NC(=O)[C@@H](N)CCCN=C(N)N)C(C)C)C(=O)N1CCC[C@H]1C(=O)N[C@@H](CC(C)C)C(=O)N1CCC[C@H]1C(=O)N[C@@H](Cc1c[nH]c2ccccc12)C(=O)N[C@@H](CS)C(=O)N[C@@H](Cc1cnc[nH]1)C(=O)O. The van der Waals surface area contributed by atoms with Crippen molar-refractivity contribution in [1.82, 2.24) is 72.6 Å². The first-order valence-electron chi connectivity index (χ1n) is 32.3. The number of likely N-dealkylation sites (tertiary alicyclic amines) is 2. The number of rotatable bonds is 37. The highest BCUT2D eigenvalue weighted by molar-refractivity contribution is 7.80. The van der Waals surface area contributed by atoms with E-state index in [1.807, 2.05) is 32.0 Å². The van der Waals surface area contributed by atoms with Gasteiger partial charge in [-0.15, -0.1) is 0 Å². The number of H-pyrrole nitrogens is 2. The lowest BCUT2D eigenvalue weighted by molar-refractivity contribution is -0.145. The molecule has 1 aromatic carbocycles. The number of nitrogens with two attached hydrogens (primary N) is 3. The van der Waals surface area contributed by atoms with Crippen LogP contribution in [-0.4, -0.2) is 222 Å². The van der Waals surface area contributed by atoms with E-state index < -0.39 is 162 Å². The van der Waals surface area contributed by atoms with E-state index in [1.165, 1.54) is 29.2 Å². The molecular formula is C62H96N18O14S2. The van der Waals surface area contributed by atoms with Gasteiger partial charge in [-0.25, -0.2) is 9.78 Å². The maximum absolute atomic E-state index is 14.8. The topological polar surface area (TPSA) is 495 Å². The smallest absolute Gasteiger partial charge is 0.326 e. The lowest BCUT2D eigenvalue weighted by Gasteiger charge is -2.34. The molecule has 0 spiro atoms. The summed E-state index contributed by atoms with van der Waals surface area (Å²) in [5, 5.41) is 44.3. The number of imidazole rings is 1. The van der Waals surface area contributed by atoms with Crippen molar-refractivity contribution in [2.45, 2.75) is 185 Å². The number of aliphatic imine (C=N–C) groups is 1. The number of carboxylic acid groups (broad SMARTS) is 1. The van der Waals surface area contributed by atoms with Crippen LogP contribution in [0.3, 0.4) is 0 Å². The molecule has 34 heteroatoms. The molecule has 11 amide bonds. The van der Waals surface area contributed by atoms with Crippen LogP contribution in [0, 0.1) is 17.8 Å². The maximum atomic E-state index is 14.8. The van der Waals surface area contributed by atoms with Gasteiger partial charge in [-0.1, -0.05) is 66.2 Å². The van der Waals surface area contributed by atoms with Crippen LogP contribution in [0.4, 0.5) is 0 Å². The third-order valence-electron chi connectivity index (χ3n) is 16.9. The fraction of sp³-hybridized carbons (Fsp3) is 0.613. The summed E-state index contributed by atoms with van der Waals surface area (Å²) in [6.07, 6.45) is 6.49. The van der Waals surface area contributed by atoms with Crippen LogP contribution in [0.2, 0.25) is 0 Å². The molecule has 530 valence electrons. The van der Waals surface area contributed by atoms with Gasteiger partial charge in [0, 0.05) is 73.0 Å². The summed E-state index contributed by atoms with van der Waals surface area (Å²) in [6, 6.07) is -7.95. The van der Waals surface area contributed by atoms with Gasteiger partial charge in [0.25, 0.3) is 0 Å². The molecule has 13 atom stereocenters. The zero-order valence-corrected chi connectivity index (χ0v) is 57.0. The summed E-state index contributed by atoms with van der Waals surface area (Å²) in [5.41, 5.74) is 18.6. The molecular weight excluding hydrogens is 1280 g/mol. The third-order valence-corrected chi connectivity index (χ3v) is 17.6. The van der Waals surface area contributed by atoms with Crippen LogP contribution in [0.1, 0.15) is 111 Å². The number of carbonyl (C=O) groups excluding carboxylic acids is 11. The quantitative estimate of drug-likeness (QED) is 0.0119. The Kier molecular flexibility index (Phi) is 30.7. The fourth-order valence-corrected chi connectivity index (χ4v) is 11.7. The summed E-state index contributed by atoms with van der Waals surface area (Å²) >= 11 is 8.49. The molecule has 0 bridgehead atoms. The molecule has 2 aromatic heterocycles. The number of amides is 11. The van der Waals surface area contributed by atoms with Gasteiger partial charge in [0.05, 0.1) is 19.0 Å². The molecule has 0 radical (unpaired) electrons. The summed E-state index contributed by atoms with van der Waals surface area (Å²) in [5.74, 6) is -11.5.